The molecule has 0 unspecified atom stereocenters. The third-order valence-electron chi connectivity index (χ3n) is 5.68. The van der Waals surface area contributed by atoms with E-state index in [0.29, 0.717) is 17.5 Å². The minimum absolute atomic E-state index is 0.163. The first-order valence-electron chi connectivity index (χ1n) is 9.73. The topological polar surface area (TPSA) is 87.8 Å². The fraction of sp³-hybridized carbons (Fsp3) is 0.550. The van der Waals surface area contributed by atoms with E-state index in [9.17, 15) is 0 Å². The maximum atomic E-state index is 8.94. The van der Waals surface area contributed by atoms with Crippen molar-refractivity contribution in [1.29, 1.82) is 5.26 Å². The number of ether oxygens (including phenoxy) is 1. The van der Waals surface area contributed by atoms with E-state index in [-0.39, 0.29) is 5.82 Å². The number of piperidine rings is 1. The molecule has 7 nitrogen and oxygen atoms in total. The normalized spacial score (nSPS) is 22.0. The maximum absolute atomic E-state index is 8.94. The zero-order valence-electron chi connectivity index (χ0n) is 15.9. The number of hydrogen-bond donors (Lipinski definition) is 0. The molecule has 1 saturated heterocycles. The van der Waals surface area contributed by atoms with Crippen molar-refractivity contribution in [3.8, 4) is 11.9 Å². The molecule has 2 fully saturated rings. The summed E-state index contributed by atoms with van der Waals surface area (Å²) in [6, 6.07) is 3.74. The Balaban J connectivity index is 1.20. The van der Waals surface area contributed by atoms with Gasteiger partial charge in [-0.3, -0.25) is 0 Å². The Morgan fingerprint density at radius 3 is 2.71 bits per heavy atom. The lowest BCUT2D eigenvalue weighted by Gasteiger charge is -2.32. The number of anilines is 1. The first kappa shape index (κ1) is 18.9. The number of aromatic nitrogens is 4. The van der Waals surface area contributed by atoms with E-state index in [4.69, 9.17) is 21.6 Å². The average Bonchev–Trinajstić information content (AvgIpc) is 3.48. The Morgan fingerprint density at radius 2 is 2.00 bits per heavy atom. The summed E-state index contributed by atoms with van der Waals surface area (Å²) < 4.78 is 5.76. The van der Waals surface area contributed by atoms with Crippen LogP contribution in [0.1, 0.15) is 37.2 Å². The second-order valence-electron chi connectivity index (χ2n) is 7.61. The van der Waals surface area contributed by atoms with Crippen molar-refractivity contribution >= 4 is 17.5 Å². The lowest BCUT2D eigenvalue weighted by Crippen LogP contribution is -2.35. The highest BCUT2D eigenvalue weighted by molar-refractivity contribution is 6.30. The minimum atomic E-state index is 0.163. The van der Waals surface area contributed by atoms with E-state index in [1.54, 1.807) is 18.5 Å². The third kappa shape index (κ3) is 4.50. The van der Waals surface area contributed by atoms with E-state index in [2.05, 4.69) is 24.8 Å². The van der Waals surface area contributed by atoms with Crippen LogP contribution < -0.4 is 9.64 Å². The van der Waals surface area contributed by atoms with E-state index < -0.39 is 0 Å². The van der Waals surface area contributed by atoms with Crippen LogP contribution >= 0.6 is 11.6 Å². The predicted molar refractivity (Wildman–Crippen MR) is 105 cm³/mol. The van der Waals surface area contributed by atoms with Crippen molar-refractivity contribution in [1.82, 2.24) is 19.9 Å². The summed E-state index contributed by atoms with van der Waals surface area (Å²) >= 11 is 5.87. The molecule has 1 saturated carbocycles. The molecule has 0 aromatic carbocycles. The fourth-order valence-electron chi connectivity index (χ4n) is 4.16. The number of hydrogen-bond acceptors (Lipinski definition) is 7. The smallest absolute Gasteiger partial charge is 0.235 e. The molecular weight excluding hydrogens is 376 g/mol. The molecule has 0 spiro atoms. The Bertz CT molecular complexity index is 860. The van der Waals surface area contributed by atoms with Gasteiger partial charge >= 0.3 is 0 Å². The van der Waals surface area contributed by atoms with Crippen LogP contribution in [0, 0.1) is 36.0 Å². The molecule has 0 radical (unpaired) electrons. The van der Waals surface area contributed by atoms with Crippen molar-refractivity contribution < 1.29 is 4.74 Å². The van der Waals surface area contributed by atoms with E-state index in [1.165, 1.54) is 19.3 Å². The van der Waals surface area contributed by atoms with Gasteiger partial charge in [0.25, 0.3) is 0 Å². The summed E-state index contributed by atoms with van der Waals surface area (Å²) in [5.41, 5.74) is 0.752. The maximum Gasteiger partial charge on any atom is 0.235 e. The molecule has 4 rings (SSSR count). The molecule has 2 aromatic heterocycles. The van der Waals surface area contributed by atoms with Crippen LogP contribution in [0.3, 0.4) is 0 Å². The molecular formula is C20H23ClN6O. The van der Waals surface area contributed by atoms with E-state index in [0.717, 1.165) is 48.9 Å². The Morgan fingerprint density at radius 1 is 1.25 bits per heavy atom. The molecule has 0 amide bonds. The highest BCUT2D eigenvalue weighted by Crippen LogP contribution is 2.49. The van der Waals surface area contributed by atoms with Crippen LogP contribution in [0.5, 0.6) is 5.88 Å². The molecule has 3 heterocycles. The molecule has 1 aliphatic heterocycles. The third-order valence-corrected chi connectivity index (χ3v) is 5.88. The van der Waals surface area contributed by atoms with Gasteiger partial charge in [-0.15, -0.1) is 0 Å². The summed E-state index contributed by atoms with van der Waals surface area (Å²) in [6.07, 6.45) is 8.01. The van der Waals surface area contributed by atoms with Gasteiger partial charge in [-0.1, -0.05) is 11.6 Å². The molecule has 1 aliphatic carbocycles. The van der Waals surface area contributed by atoms with Crippen molar-refractivity contribution in [3.63, 3.8) is 0 Å². The average molecular weight is 399 g/mol. The van der Waals surface area contributed by atoms with Crippen molar-refractivity contribution in [3.05, 3.63) is 35.0 Å². The lowest BCUT2D eigenvalue weighted by atomic mass is 9.90. The van der Waals surface area contributed by atoms with Gasteiger partial charge in [-0.05, 0) is 50.4 Å². The minimum Gasteiger partial charge on any atom is -0.478 e. The summed E-state index contributed by atoms with van der Waals surface area (Å²) in [4.78, 5) is 19.0. The first-order valence-corrected chi connectivity index (χ1v) is 10.1. The SMILES string of the molecule is Cc1cc(OCC[C@@H]2C[C@H]2C2CCN(c3ncc(Cl)cn3)CC2)nc(C#N)n1. The number of aryl methyl sites for hydroxylation is 1. The molecule has 0 N–H and O–H groups in total. The van der Waals surface area contributed by atoms with Gasteiger partial charge in [0.15, 0.2) is 0 Å². The van der Waals surface area contributed by atoms with Crippen molar-refractivity contribution in [2.75, 3.05) is 24.6 Å². The lowest BCUT2D eigenvalue weighted by molar-refractivity contribution is 0.275. The summed E-state index contributed by atoms with van der Waals surface area (Å²) in [6.45, 7) is 4.49. The van der Waals surface area contributed by atoms with Gasteiger partial charge in [-0.2, -0.15) is 10.2 Å². The Kier molecular flexibility index (Phi) is 5.58. The van der Waals surface area contributed by atoms with Gasteiger partial charge in [0.05, 0.1) is 24.0 Å². The van der Waals surface area contributed by atoms with Crippen LogP contribution in [0.15, 0.2) is 18.5 Å². The van der Waals surface area contributed by atoms with Gasteiger partial charge in [0, 0.05) is 24.8 Å². The Hall–Kier alpha value is -2.46. The number of rotatable bonds is 6. The highest BCUT2D eigenvalue weighted by atomic mass is 35.5. The molecule has 146 valence electrons. The monoisotopic (exact) mass is 398 g/mol. The zero-order valence-corrected chi connectivity index (χ0v) is 16.6. The standard InChI is InChI=1S/C20H23ClN6O/c1-13-8-19(26-18(10-22)25-13)28-7-4-15-9-17(15)14-2-5-27(6-3-14)20-23-11-16(21)12-24-20/h8,11-12,14-15,17H,2-7,9H2,1H3/t15-,17+/m1/s1. The molecule has 2 aromatic rings. The second kappa shape index (κ2) is 8.27. The van der Waals surface area contributed by atoms with Crippen LogP contribution in [0.2, 0.25) is 5.02 Å². The van der Waals surface area contributed by atoms with E-state index >= 15 is 0 Å². The van der Waals surface area contributed by atoms with Crippen molar-refractivity contribution in [2.45, 2.75) is 32.6 Å². The van der Waals surface area contributed by atoms with Crippen molar-refractivity contribution in [2.24, 2.45) is 17.8 Å². The second-order valence-corrected chi connectivity index (χ2v) is 8.04. The molecule has 0 bridgehead atoms. The number of nitrogens with zero attached hydrogens (tertiary/aromatic N) is 6. The Labute approximate surface area is 169 Å². The van der Waals surface area contributed by atoms with Crippen LogP contribution in [0.25, 0.3) is 0 Å². The molecule has 28 heavy (non-hydrogen) atoms. The summed E-state index contributed by atoms with van der Waals surface area (Å²) in [7, 11) is 0. The molecule has 8 heteroatoms. The van der Waals surface area contributed by atoms with Crippen LogP contribution in [-0.2, 0) is 0 Å². The number of halogens is 1. The molecule has 2 aliphatic rings. The summed E-state index contributed by atoms with van der Waals surface area (Å²) in [5.74, 6) is 3.76. The largest absolute Gasteiger partial charge is 0.478 e. The van der Waals surface area contributed by atoms with E-state index in [1.807, 2.05) is 13.0 Å². The highest BCUT2D eigenvalue weighted by Gasteiger charge is 2.43. The van der Waals surface area contributed by atoms with Gasteiger partial charge < -0.3 is 9.64 Å². The van der Waals surface area contributed by atoms with Gasteiger partial charge in [0.1, 0.15) is 6.07 Å². The van der Waals surface area contributed by atoms with Crippen LogP contribution in [-0.4, -0.2) is 39.6 Å². The molecule has 2 atom stereocenters. The predicted octanol–water partition coefficient (Wildman–Crippen LogP) is 3.42. The zero-order chi connectivity index (χ0) is 19.5. The van der Waals surface area contributed by atoms with Gasteiger partial charge in [-0.25, -0.2) is 15.0 Å². The quantitative estimate of drug-likeness (QED) is 0.736. The fourth-order valence-corrected chi connectivity index (χ4v) is 4.25. The van der Waals surface area contributed by atoms with Gasteiger partial charge in [0.2, 0.25) is 17.7 Å². The number of nitriles is 1. The first-order chi connectivity index (χ1) is 13.6. The summed E-state index contributed by atoms with van der Waals surface area (Å²) in [5, 5.41) is 9.52. The van der Waals surface area contributed by atoms with Crippen LogP contribution in [0.4, 0.5) is 5.95 Å².